The molecule has 0 bridgehead atoms. The van der Waals surface area contributed by atoms with E-state index in [1.165, 1.54) is 30.6 Å². The summed E-state index contributed by atoms with van der Waals surface area (Å²) >= 11 is 0. The number of fused-ring (bicyclic) bond motifs is 1. The number of carbonyl (C=O) groups excluding carboxylic acids is 1. The standard InChI is InChI=1S/C24H17FN6O2/c25-15-4-6-16(7-5-15)29-24(32)30-17-8-10-18(11-9-17)33-23-19-13-21(20-3-1-2-12-26-20)31-22(19)27-14-28-23/h1-14H,(H,27,28,31)(H2,29,30,32). The number of amides is 2. The number of ether oxygens (including phenoxy) is 1. The number of pyridine rings is 1. The summed E-state index contributed by atoms with van der Waals surface area (Å²) in [6.45, 7) is 0. The van der Waals surface area contributed by atoms with Gasteiger partial charge in [-0.2, -0.15) is 0 Å². The smallest absolute Gasteiger partial charge is 0.323 e. The van der Waals surface area contributed by atoms with Gasteiger partial charge in [-0.05, 0) is 66.7 Å². The zero-order valence-electron chi connectivity index (χ0n) is 17.1. The molecular weight excluding hydrogens is 423 g/mol. The summed E-state index contributed by atoms with van der Waals surface area (Å²) in [6.07, 6.45) is 3.14. The van der Waals surface area contributed by atoms with Gasteiger partial charge >= 0.3 is 6.03 Å². The zero-order valence-corrected chi connectivity index (χ0v) is 17.1. The van der Waals surface area contributed by atoms with Crippen molar-refractivity contribution in [2.45, 2.75) is 0 Å². The molecule has 0 atom stereocenters. The van der Waals surface area contributed by atoms with E-state index in [9.17, 15) is 9.18 Å². The minimum Gasteiger partial charge on any atom is -0.438 e. The molecule has 3 aromatic heterocycles. The SMILES string of the molecule is O=C(Nc1ccc(F)cc1)Nc1ccc(Oc2ncnc3[nH]c(-c4ccccn4)cc23)cc1. The number of halogens is 1. The van der Waals surface area contributed by atoms with E-state index in [4.69, 9.17) is 4.74 Å². The first kappa shape index (κ1) is 20.1. The lowest BCUT2D eigenvalue weighted by atomic mass is 10.2. The van der Waals surface area contributed by atoms with Gasteiger partial charge in [-0.1, -0.05) is 6.07 Å². The van der Waals surface area contributed by atoms with E-state index >= 15 is 0 Å². The molecule has 0 unspecified atom stereocenters. The number of carbonyl (C=O) groups is 1. The molecule has 5 rings (SSSR count). The van der Waals surface area contributed by atoms with Crippen molar-refractivity contribution in [1.29, 1.82) is 0 Å². The molecule has 0 saturated heterocycles. The summed E-state index contributed by atoms with van der Waals surface area (Å²) in [4.78, 5) is 28.2. The number of nitrogens with zero attached hydrogens (tertiary/aromatic N) is 3. The molecule has 3 heterocycles. The van der Waals surface area contributed by atoms with E-state index in [0.29, 0.717) is 28.7 Å². The summed E-state index contributed by atoms with van der Waals surface area (Å²) in [5, 5.41) is 6.07. The molecule has 162 valence electrons. The molecule has 2 amide bonds. The number of H-pyrrole nitrogens is 1. The third-order valence-electron chi connectivity index (χ3n) is 4.76. The third-order valence-corrected chi connectivity index (χ3v) is 4.76. The lowest BCUT2D eigenvalue weighted by molar-refractivity contribution is 0.262. The van der Waals surface area contributed by atoms with Gasteiger partial charge in [0.2, 0.25) is 5.88 Å². The number of aromatic nitrogens is 4. The van der Waals surface area contributed by atoms with Crippen molar-refractivity contribution < 1.29 is 13.9 Å². The van der Waals surface area contributed by atoms with Crippen LogP contribution in [0, 0.1) is 5.82 Å². The molecule has 5 aromatic rings. The van der Waals surface area contributed by atoms with Crippen LogP contribution in [0.5, 0.6) is 11.6 Å². The Morgan fingerprint density at radius 2 is 1.61 bits per heavy atom. The Morgan fingerprint density at radius 3 is 2.30 bits per heavy atom. The number of hydrogen-bond acceptors (Lipinski definition) is 5. The van der Waals surface area contributed by atoms with Crippen molar-refractivity contribution in [1.82, 2.24) is 19.9 Å². The normalized spacial score (nSPS) is 10.7. The highest BCUT2D eigenvalue weighted by molar-refractivity contribution is 5.99. The molecule has 0 aliphatic heterocycles. The van der Waals surface area contributed by atoms with Gasteiger partial charge in [-0.15, -0.1) is 0 Å². The zero-order chi connectivity index (χ0) is 22.6. The topological polar surface area (TPSA) is 105 Å². The average molecular weight is 440 g/mol. The van der Waals surface area contributed by atoms with E-state index in [-0.39, 0.29) is 5.82 Å². The summed E-state index contributed by atoms with van der Waals surface area (Å²) < 4.78 is 18.9. The van der Waals surface area contributed by atoms with Crippen LogP contribution in [0.2, 0.25) is 0 Å². The first-order valence-electron chi connectivity index (χ1n) is 10.0. The minimum absolute atomic E-state index is 0.370. The summed E-state index contributed by atoms with van der Waals surface area (Å²) in [7, 11) is 0. The van der Waals surface area contributed by atoms with Gasteiger partial charge in [0.05, 0.1) is 16.8 Å². The highest BCUT2D eigenvalue weighted by Gasteiger charge is 2.12. The van der Waals surface area contributed by atoms with Gasteiger partial charge in [-0.3, -0.25) is 4.98 Å². The van der Waals surface area contributed by atoms with Gasteiger partial charge in [0.1, 0.15) is 23.5 Å². The molecule has 8 nitrogen and oxygen atoms in total. The largest absolute Gasteiger partial charge is 0.438 e. The van der Waals surface area contributed by atoms with E-state index < -0.39 is 6.03 Å². The average Bonchev–Trinajstić information content (AvgIpc) is 3.28. The van der Waals surface area contributed by atoms with Gasteiger partial charge in [0.25, 0.3) is 0 Å². The molecule has 0 fully saturated rings. The predicted molar refractivity (Wildman–Crippen MR) is 123 cm³/mol. The molecule has 0 radical (unpaired) electrons. The Hall–Kier alpha value is -4.79. The first-order valence-corrected chi connectivity index (χ1v) is 10.0. The van der Waals surface area contributed by atoms with Gasteiger partial charge in [0, 0.05) is 17.6 Å². The van der Waals surface area contributed by atoms with Gasteiger partial charge < -0.3 is 20.4 Å². The first-order chi connectivity index (χ1) is 16.1. The molecule has 0 saturated carbocycles. The number of anilines is 2. The predicted octanol–water partition coefficient (Wildman–Crippen LogP) is 5.60. The van der Waals surface area contributed by atoms with Gasteiger partial charge in [-0.25, -0.2) is 19.2 Å². The Kier molecular flexibility index (Phi) is 5.34. The van der Waals surface area contributed by atoms with Crippen molar-refractivity contribution >= 4 is 28.4 Å². The van der Waals surface area contributed by atoms with Crippen LogP contribution in [0.3, 0.4) is 0 Å². The van der Waals surface area contributed by atoms with Crippen LogP contribution < -0.4 is 15.4 Å². The lowest BCUT2D eigenvalue weighted by Crippen LogP contribution is -2.19. The maximum atomic E-state index is 13.0. The van der Waals surface area contributed by atoms with Crippen molar-refractivity contribution in [3.8, 4) is 23.0 Å². The number of benzene rings is 2. The molecular formula is C24H17FN6O2. The van der Waals surface area contributed by atoms with Crippen LogP contribution in [0.25, 0.3) is 22.4 Å². The number of aromatic amines is 1. The van der Waals surface area contributed by atoms with Gasteiger partial charge in [0.15, 0.2) is 0 Å². The van der Waals surface area contributed by atoms with E-state index in [1.54, 1.807) is 30.5 Å². The van der Waals surface area contributed by atoms with Crippen LogP contribution in [0.1, 0.15) is 0 Å². The van der Waals surface area contributed by atoms with E-state index in [2.05, 4.69) is 30.6 Å². The minimum atomic E-state index is -0.442. The number of nitrogens with one attached hydrogen (secondary N) is 3. The summed E-state index contributed by atoms with van der Waals surface area (Å²) in [6, 6.07) is 19.5. The Labute approximate surface area is 187 Å². The molecule has 33 heavy (non-hydrogen) atoms. The summed E-state index contributed by atoms with van der Waals surface area (Å²) in [5.41, 5.74) is 3.28. The third kappa shape index (κ3) is 4.62. The van der Waals surface area contributed by atoms with Crippen molar-refractivity contribution in [3.63, 3.8) is 0 Å². The molecule has 2 aromatic carbocycles. The van der Waals surface area contributed by atoms with Crippen molar-refractivity contribution in [2.24, 2.45) is 0 Å². The van der Waals surface area contributed by atoms with Crippen LogP contribution in [0.15, 0.2) is 85.3 Å². The molecule has 0 aliphatic rings. The fourth-order valence-electron chi connectivity index (χ4n) is 3.20. The molecule has 9 heteroatoms. The maximum Gasteiger partial charge on any atom is 0.323 e. The van der Waals surface area contributed by atoms with Crippen LogP contribution in [-0.2, 0) is 0 Å². The second-order valence-corrected chi connectivity index (χ2v) is 7.05. The monoisotopic (exact) mass is 440 g/mol. The van der Waals surface area contributed by atoms with E-state index in [0.717, 1.165) is 16.8 Å². The van der Waals surface area contributed by atoms with Crippen LogP contribution >= 0.6 is 0 Å². The number of hydrogen-bond donors (Lipinski definition) is 3. The fraction of sp³-hybridized carbons (Fsp3) is 0. The lowest BCUT2D eigenvalue weighted by Gasteiger charge is -2.09. The van der Waals surface area contributed by atoms with Crippen molar-refractivity contribution in [2.75, 3.05) is 10.6 Å². The van der Waals surface area contributed by atoms with Crippen LogP contribution in [-0.4, -0.2) is 26.0 Å². The van der Waals surface area contributed by atoms with Crippen molar-refractivity contribution in [3.05, 3.63) is 91.1 Å². The van der Waals surface area contributed by atoms with E-state index in [1.807, 2.05) is 24.3 Å². The summed E-state index contributed by atoms with van der Waals surface area (Å²) in [5.74, 6) is 0.568. The fourth-order valence-corrected chi connectivity index (χ4v) is 3.20. The molecule has 3 N–H and O–H groups in total. The number of urea groups is 1. The quantitative estimate of drug-likeness (QED) is 0.330. The Morgan fingerprint density at radius 1 is 0.879 bits per heavy atom. The Bertz CT molecular complexity index is 1400. The van der Waals surface area contributed by atoms with Crippen LogP contribution in [0.4, 0.5) is 20.6 Å². The number of rotatable bonds is 5. The second kappa shape index (κ2) is 8.75. The molecule has 0 spiro atoms. The maximum absolute atomic E-state index is 13.0. The Balaban J connectivity index is 1.28. The highest BCUT2D eigenvalue weighted by atomic mass is 19.1. The highest BCUT2D eigenvalue weighted by Crippen LogP contribution is 2.30. The second-order valence-electron chi connectivity index (χ2n) is 7.05. The molecule has 0 aliphatic carbocycles.